The van der Waals surface area contributed by atoms with Crippen LogP contribution in [0, 0.1) is 0 Å². The highest BCUT2D eigenvalue weighted by Crippen LogP contribution is 2.37. The van der Waals surface area contributed by atoms with E-state index >= 15 is 0 Å². The number of rotatable bonds is 3. The minimum Gasteiger partial charge on any atom is -0.494 e. The molecule has 28 heavy (non-hydrogen) atoms. The highest BCUT2D eigenvalue weighted by Gasteiger charge is 2.25. The van der Waals surface area contributed by atoms with Gasteiger partial charge in [0.05, 0.1) is 18.7 Å². The molecule has 0 fully saturated rings. The van der Waals surface area contributed by atoms with E-state index in [1.807, 2.05) is 43.3 Å². The zero-order chi connectivity index (χ0) is 19.1. The lowest BCUT2D eigenvalue weighted by atomic mass is 9.90. The van der Waals surface area contributed by atoms with Crippen LogP contribution in [0.25, 0.3) is 11.0 Å². The van der Waals surface area contributed by atoms with Gasteiger partial charge in [0.2, 0.25) is 0 Å². The van der Waals surface area contributed by atoms with Crippen LogP contribution in [0.4, 0.5) is 5.69 Å². The van der Waals surface area contributed by atoms with E-state index in [1.54, 1.807) is 0 Å². The third kappa shape index (κ3) is 2.82. The molecule has 5 rings (SSSR count). The number of hydrogen-bond acceptors (Lipinski definition) is 5. The highest BCUT2D eigenvalue weighted by molar-refractivity contribution is 5.86. The molecule has 0 saturated heterocycles. The van der Waals surface area contributed by atoms with Crippen molar-refractivity contribution in [3.8, 4) is 11.5 Å². The van der Waals surface area contributed by atoms with Gasteiger partial charge in [0, 0.05) is 16.6 Å². The van der Waals surface area contributed by atoms with Crippen LogP contribution in [0.2, 0.25) is 0 Å². The molecule has 1 aliphatic heterocycles. The van der Waals surface area contributed by atoms with Crippen LogP contribution in [-0.4, -0.2) is 13.3 Å². The zero-order valence-electron chi connectivity index (χ0n) is 16.0. The Morgan fingerprint density at radius 2 is 1.79 bits per heavy atom. The Balaban J connectivity index is 1.55. The molecular weight excluding hydrogens is 354 g/mol. The number of ether oxygens (including phenoxy) is 2. The van der Waals surface area contributed by atoms with Crippen molar-refractivity contribution in [2.24, 2.45) is 0 Å². The van der Waals surface area contributed by atoms with Crippen molar-refractivity contribution in [1.82, 2.24) is 0 Å². The monoisotopic (exact) mass is 377 g/mol. The first-order chi connectivity index (χ1) is 13.7. The maximum Gasteiger partial charge on any atom is 0.339 e. The van der Waals surface area contributed by atoms with Crippen molar-refractivity contribution in [3.63, 3.8) is 0 Å². The van der Waals surface area contributed by atoms with Crippen LogP contribution in [0.15, 0.2) is 45.6 Å². The molecule has 0 amide bonds. The number of fused-ring (bicyclic) bond motifs is 5. The first-order valence-electron chi connectivity index (χ1n) is 9.95. The normalized spacial score (nSPS) is 15.7. The minimum atomic E-state index is -0.186. The summed E-state index contributed by atoms with van der Waals surface area (Å²) in [6, 6.07) is 12.1. The Labute approximate surface area is 163 Å². The third-order valence-electron chi connectivity index (χ3n) is 5.69. The molecule has 0 radical (unpaired) electrons. The summed E-state index contributed by atoms with van der Waals surface area (Å²) in [6.45, 7) is 3.72. The lowest BCUT2D eigenvalue weighted by Crippen LogP contribution is -2.32. The highest BCUT2D eigenvalue weighted by atomic mass is 16.5. The smallest absolute Gasteiger partial charge is 0.339 e. The van der Waals surface area contributed by atoms with Crippen molar-refractivity contribution < 1.29 is 13.9 Å². The Hall–Kier alpha value is -2.95. The topological polar surface area (TPSA) is 51.9 Å². The fraction of sp³-hybridized carbons (Fsp3) is 0.348. The lowest BCUT2D eigenvalue weighted by Gasteiger charge is -2.31. The molecular formula is C23H23NO4. The molecule has 0 atom stereocenters. The van der Waals surface area contributed by atoms with Gasteiger partial charge in [-0.05, 0) is 74.6 Å². The Bertz CT molecular complexity index is 1080. The van der Waals surface area contributed by atoms with E-state index in [-0.39, 0.29) is 5.63 Å². The van der Waals surface area contributed by atoms with Gasteiger partial charge in [-0.2, -0.15) is 0 Å². The van der Waals surface area contributed by atoms with Gasteiger partial charge < -0.3 is 18.8 Å². The first-order valence-corrected chi connectivity index (χ1v) is 9.95. The second-order valence-electron chi connectivity index (χ2n) is 7.37. The van der Waals surface area contributed by atoms with Gasteiger partial charge >= 0.3 is 5.63 Å². The molecule has 0 unspecified atom stereocenters. The molecule has 5 heteroatoms. The van der Waals surface area contributed by atoms with Gasteiger partial charge in [-0.25, -0.2) is 4.79 Å². The van der Waals surface area contributed by atoms with Crippen LogP contribution in [0.3, 0.4) is 0 Å². The van der Waals surface area contributed by atoms with Gasteiger partial charge in [0.1, 0.15) is 17.1 Å². The Morgan fingerprint density at radius 1 is 1.00 bits per heavy atom. The van der Waals surface area contributed by atoms with Crippen molar-refractivity contribution >= 4 is 16.7 Å². The quantitative estimate of drug-likeness (QED) is 0.632. The molecule has 2 heterocycles. The van der Waals surface area contributed by atoms with E-state index in [0.717, 1.165) is 59.4 Å². The summed E-state index contributed by atoms with van der Waals surface area (Å²) in [6.07, 6.45) is 3.94. The molecule has 2 aliphatic rings. The first kappa shape index (κ1) is 17.2. The summed E-state index contributed by atoms with van der Waals surface area (Å²) in [5, 5.41) is 1.06. The summed E-state index contributed by atoms with van der Waals surface area (Å²) in [4.78, 5) is 14.7. The average Bonchev–Trinajstić information content (AvgIpc) is 2.74. The number of hydrogen-bond donors (Lipinski definition) is 0. The van der Waals surface area contributed by atoms with Gasteiger partial charge in [0.15, 0.2) is 6.73 Å². The summed E-state index contributed by atoms with van der Waals surface area (Å²) in [5.74, 6) is 1.65. The molecule has 5 nitrogen and oxygen atoms in total. The molecule has 0 N–H and O–H groups in total. The van der Waals surface area contributed by atoms with E-state index in [1.165, 1.54) is 5.56 Å². The molecule has 0 spiro atoms. The van der Waals surface area contributed by atoms with Crippen molar-refractivity contribution in [3.05, 3.63) is 63.5 Å². The van der Waals surface area contributed by atoms with Crippen molar-refractivity contribution in [2.45, 2.75) is 39.2 Å². The molecule has 3 aromatic rings. The summed E-state index contributed by atoms with van der Waals surface area (Å²) in [7, 11) is 0. The molecule has 0 saturated carbocycles. The summed E-state index contributed by atoms with van der Waals surface area (Å²) >= 11 is 0. The van der Waals surface area contributed by atoms with Gasteiger partial charge in [-0.1, -0.05) is 0 Å². The standard InChI is InChI=1S/C23H23NO4/c1-2-26-16-9-7-15(8-10-16)24-13-20-21(27-14-24)12-11-18-17-5-3-4-6-19(17)23(25)28-22(18)20/h7-12H,2-6,13-14H2,1H3. The molecule has 144 valence electrons. The number of aryl methyl sites for hydroxylation is 1. The van der Waals surface area contributed by atoms with E-state index in [0.29, 0.717) is 25.5 Å². The maximum atomic E-state index is 12.6. The van der Waals surface area contributed by atoms with Crippen LogP contribution in [0.1, 0.15) is 36.5 Å². The van der Waals surface area contributed by atoms with Crippen LogP contribution < -0.4 is 20.0 Å². The summed E-state index contributed by atoms with van der Waals surface area (Å²) < 4.78 is 17.3. The predicted octanol–water partition coefficient (Wildman–Crippen LogP) is 4.43. The van der Waals surface area contributed by atoms with Crippen LogP contribution in [-0.2, 0) is 19.4 Å². The third-order valence-corrected chi connectivity index (χ3v) is 5.69. The molecule has 1 aromatic heterocycles. The fourth-order valence-corrected chi connectivity index (χ4v) is 4.30. The van der Waals surface area contributed by atoms with E-state index < -0.39 is 0 Å². The number of nitrogens with zero attached hydrogens (tertiary/aromatic N) is 1. The largest absolute Gasteiger partial charge is 0.494 e. The zero-order valence-corrected chi connectivity index (χ0v) is 16.0. The second kappa shape index (κ2) is 6.89. The second-order valence-corrected chi connectivity index (χ2v) is 7.37. The molecule has 2 aromatic carbocycles. The lowest BCUT2D eigenvalue weighted by molar-refractivity contribution is 0.289. The Morgan fingerprint density at radius 3 is 2.57 bits per heavy atom. The van der Waals surface area contributed by atoms with E-state index in [2.05, 4.69) is 4.90 Å². The van der Waals surface area contributed by atoms with Crippen LogP contribution >= 0.6 is 0 Å². The summed E-state index contributed by atoms with van der Waals surface area (Å²) in [5.41, 5.74) is 4.51. The fourth-order valence-electron chi connectivity index (χ4n) is 4.30. The number of benzene rings is 2. The van der Waals surface area contributed by atoms with Crippen molar-refractivity contribution in [2.75, 3.05) is 18.2 Å². The van der Waals surface area contributed by atoms with Crippen LogP contribution in [0.5, 0.6) is 11.5 Å². The molecule has 0 bridgehead atoms. The van der Waals surface area contributed by atoms with Gasteiger partial charge in [-0.3, -0.25) is 0 Å². The van der Waals surface area contributed by atoms with E-state index in [4.69, 9.17) is 13.9 Å². The van der Waals surface area contributed by atoms with Gasteiger partial charge in [0.25, 0.3) is 0 Å². The predicted molar refractivity (Wildman–Crippen MR) is 108 cm³/mol. The van der Waals surface area contributed by atoms with E-state index in [9.17, 15) is 4.79 Å². The minimum absolute atomic E-state index is 0.186. The molecule has 1 aliphatic carbocycles. The number of anilines is 1. The van der Waals surface area contributed by atoms with Crippen molar-refractivity contribution in [1.29, 1.82) is 0 Å². The Kier molecular flexibility index (Phi) is 4.23. The average molecular weight is 377 g/mol. The SMILES string of the molecule is CCOc1ccc(N2COc3ccc4c5c(c(=O)oc4c3C2)CCCC5)cc1. The maximum absolute atomic E-state index is 12.6. The van der Waals surface area contributed by atoms with Gasteiger partial charge in [-0.15, -0.1) is 0 Å².